The van der Waals surface area contributed by atoms with E-state index in [0.29, 0.717) is 32.7 Å². The van der Waals surface area contributed by atoms with Crippen molar-refractivity contribution in [2.24, 2.45) is 11.3 Å². The molecule has 0 bridgehead atoms. The first-order valence-electron chi connectivity index (χ1n) is 12.4. The summed E-state index contributed by atoms with van der Waals surface area (Å²) < 4.78 is 10.9. The van der Waals surface area contributed by atoms with Crippen molar-refractivity contribution in [3.63, 3.8) is 0 Å². The number of carbonyl (C=O) groups excluding carboxylic acids is 3. The van der Waals surface area contributed by atoms with Crippen LogP contribution in [-0.2, 0) is 20.8 Å². The number of hydrogen-bond donors (Lipinski definition) is 0. The summed E-state index contributed by atoms with van der Waals surface area (Å²) in [4.78, 5) is 44.7. The van der Waals surface area contributed by atoms with Gasteiger partial charge in [0.05, 0.1) is 5.92 Å². The first kappa shape index (κ1) is 24.3. The predicted octanol–water partition coefficient (Wildman–Crippen LogP) is 4.08. The maximum Gasteiger partial charge on any atom is 0.417 e. The number of rotatable bonds is 4. The van der Waals surface area contributed by atoms with E-state index in [0.717, 1.165) is 11.1 Å². The van der Waals surface area contributed by atoms with Gasteiger partial charge in [0.25, 0.3) is 0 Å². The van der Waals surface area contributed by atoms with Crippen molar-refractivity contribution < 1.29 is 23.9 Å². The Bertz CT molecular complexity index is 1120. The molecule has 2 aromatic carbocycles. The fourth-order valence-corrected chi connectivity index (χ4v) is 5.62. The summed E-state index contributed by atoms with van der Waals surface area (Å²) in [5, 5.41) is 0. The second kappa shape index (κ2) is 9.24. The normalized spacial score (nSPS) is 23.5. The van der Waals surface area contributed by atoms with Gasteiger partial charge in [-0.3, -0.25) is 9.69 Å². The second-order valence-corrected chi connectivity index (χ2v) is 11.1. The van der Waals surface area contributed by atoms with Crippen LogP contribution in [0.5, 0.6) is 0 Å². The Balaban J connectivity index is 1.38. The van der Waals surface area contributed by atoms with Crippen LogP contribution in [0.2, 0.25) is 0 Å². The Morgan fingerprint density at radius 2 is 1.64 bits per heavy atom. The Morgan fingerprint density at radius 1 is 1.00 bits per heavy atom. The van der Waals surface area contributed by atoms with Crippen LogP contribution in [0.1, 0.15) is 37.9 Å². The van der Waals surface area contributed by atoms with Gasteiger partial charge < -0.3 is 14.4 Å². The van der Waals surface area contributed by atoms with Crippen molar-refractivity contribution in [2.75, 3.05) is 32.8 Å². The third-order valence-electron chi connectivity index (χ3n) is 7.22. The molecule has 1 spiro atoms. The SMILES string of the molecule is CC(C)(C)OC(=O)N1CC2(CN(Cc3ccccc3)C[C@H]2C(=O)N2C(=O)OC[C@H]2c2ccccc2)C1. The predicted molar refractivity (Wildman–Crippen MR) is 133 cm³/mol. The van der Waals surface area contributed by atoms with Gasteiger partial charge in [0, 0.05) is 38.1 Å². The zero-order valence-corrected chi connectivity index (χ0v) is 21.1. The highest BCUT2D eigenvalue weighted by atomic mass is 16.6. The van der Waals surface area contributed by atoms with Gasteiger partial charge in [-0.05, 0) is 31.9 Å². The van der Waals surface area contributed by atoms with Gasteiger partial charge in [0.15, 0.2) is 0 Å². The number of cyclic esters (lactones) is 1. The standard InChI is InChI=1S/C28H33N3O5/c1-27(2,3)36-25(33)30-18-28(19-30)17-29(14-20-10-6-4-7-11-20)15-22(28)24(32)31-23(16-35-26(31)34)21-12-8-5-9-13-21/h4-13,22-23H,14-19H2,1-3H3/t22-,23-/m0/s1. The van der Waals surface area contributed by atoms with Crippen molar-refractivity contribution >= 4 is 18.1 Å². The number of likely N-dealkylation sites (tertiary alicyclic amines) is 2. The monoisotopic (exact) mass is 491 g/mol. The van der Waals surface area contributed by atoms with Gasteiger partial charge in [0.2, 0.25) is 5.91 Å². The summed E-state index contributed by atoms with van der Waals surface area (Å²) in [6, 6.07) is 19.2. The number of nitrogens with zero attached hydrogens (tertiary/aromatic N) is 3. The van der Waals surface area contributed by atoms with Crippen molar-refractivity contribution in [3.8, 4) is 0 Å². The number of amides is 3. The van der Waals surface area contributed by atoms with E-state index in [2.05, 4.69) is 17.0 Å². The van der Waals surface area contributed by atoms with E-state index in [-0.39, 0.29) is 18.6 Å². The molecule has 3 amide bonds. The minimum absolute atomic E-state index is 0.145. The van der Waals surface area contributed by atoms with E-state index in [1.165, 1.54) is 4.90 Å². The van der Waals surface area contributed by atoms with Gasteiger partial charge in [0.1, 0.15) is 18.2 Å². The molecule has 0 aromatic heterocycles. The van der Waals surface area contributed by atoms with Crippen LogP contribution in [0.15, 0.2) is 60.7 Å². The number of carbonyl (C=O) groups is 3. The zero-order valence-electron chi connectivity index (χ0n) is 21.1. The maximum absolute atomic E-state index is 14.0. The van der Waals surface area contributed by atoms with Gasteiger partial charge in [-0.15, -0.1) is 0 Å². The number of benzene rings is 2. The molecular formula is C28H33N3O5. The van der Waals surface area contributed by atoms with Crippen molar-refractivity contribution in [3.05, 3.63) is 71.8 Å². The average molecular weight is 492 g/mol. The minimum Gasteiger partial charge on any atom is -0.446 e. The summed E-state index contributed by atoms with van der Waals surface area (Å²) in [5.74, 6) is -0.664. The molecule has 2 atom stereocenters. The molecule has 36 heavy (non-hydrogen) atoms. The van der Waals surface area contributed by atoms with E-state index >= 15 is 0 Å². The number of hydrogen-bond acceptors (Lipinski definition) is 6. The van der Waals surface area contributed by atoms with Crippen LogP contribution in [-0.4, -0.2) is 71.2 Å². The quantitative estimate of drug-likeness (QED) is 0.642. The third-order valence-corrected chi connectivity index (χ3v) is 7.22. The molecule has 3 saturated heterocycles. The summed E-state index contributed by atoms with van der Waals surface area (Å²) in [5.41, 5.74) is 1.000. The molecule has 0 saturated carbocycles. The Labute approximate surface area is 211 Å². The van der Waals surface area contributed by atoms with Gasteiger partial charge in [-0.2, -0.15) is 0 Å². The lowest BCUT2D eigenvalue weighted by Gasteiger charge is -2.50. The fraction of sp³-hybridized carbons (Fsp3) is 0.464. The molecule has 8 nitrogen and oxygen atoms in total. The molecule has 190 valence electrons. The first-order valence-corrected chi connectivity index (χ1v) is 12.4. The molecule has 0 unspecified atom stereocenters. The second-order valence-electron chi connectivity index (χ2n) is 11.1. The highest BCUT2D eigenvalue weighted by Crippen LogP contribution is 2.47. The maximum atomic E-state index is 14.0. The number of imide groups is 1. The van der Waals surface area contributed by atoms with Crippen molar-refractivity contribution in [1.29, 1.82) is 0 Å². The van der Waals surface area contributed by atoms with Crippen molar-refractivity contribution in [1.82, 2.24) is 14.7 Å². The Kier molecular flexibility index (Phi) is 6.24. The topological polar surface area (TPSA) is 79.4 Å². The molecule has 8 heteroatoms. The Hall–Kier alpha value is -3.39. The highest BCUT2D eigenvalue weighted by molar-refractivity contribution is 5.96. The molecule has 5 rings (SSSR count). The van der Waals surface area contributed by atoms with Crippen LogP contribution < -0.4 is 0 Å². The number of ether oxygens (including phenoxy) is 2. The third kappa shape index (κ3) is 4.69. The van der Waals surface area contributed by atoms with Gasteiger partial charge in [-0.25, -0.2) is 14.5 Å². The lowest BCUT2D eigenvalue weighted by Crippen LogP contribution is -2.64. The van der Waals surface area contributed by atoms with Crippen LogP contribution in [0.4, 0.5) is 9.59 Å². The van der Waals surface area contributed by atoms with E-state index in [1.807, 2.05) is 69.3 Å². The van der Waals surface area contributed by atoms with E-state index in [1.54, 1.807) is 4.90 Å². The van der Waals surface area contributed by atoms with Crippen molar-refractivity contribution in [2.45, 2.75) is 39.0 Å². The molecule has 2 aromatic rings. The van der Waals surface area contributed by atoms with Crippen LogP contribution in [0, 0.1) is 11.3 Å². The molecule has 3 aliphatic heterocycles. The zero-order chi connectivity index (χ0) is 25.5. The summed E-state index contributed by atoms with van der Waals surface area (Å²) in [6.07, 6.45) is -0.975. The van der Waals surface area contributed by atoms with E-state index < -0.39 is 29.1 Å². The lowest BCUT2D eigenvalue weighted by atomic mass is 9.71. The van der Waals surface area contributed by atoms with Gasteiger partial charge >= 0.3 is 12.2 Å². The minimum atomic E-state index is -0.603. The van der Waals surface area contributed by atoms with Crippen LogP contribution >= 0.6 is 0 Å². The summed E-state index contributed by atoms with van der Waals surface area (Å²) >= 11 is 0. The molecular weight excluding hydrogens is 458 g/mol. The van der Waals surface area contributed by atoms with Crippen LogP contribution in [0.3, 0.4) is 0 Å². The van der Waals surface area contributed by atoms with E-state index in [9.17, 15) is 14.4 Å². The largest absolute Gasteiger partial charge is 0.446 e. The Morgan fingerprint density at radius 3 is 2.28 bits per heavy atom. The molecule has 0 radical (unpaired) electrons. The smallest absolute Gasteiger partial charge is 0.417 e. The highest BCUT2D eigenvalue weighted by Gasteiger charge is 2.60. The summed E-state index contributed by atoms with van der Waals surface area (Å²) in [7, 11) is 0. The van der Waals surface area contributed by atoms with Gasteiger partial charge in [-0.1, -0.05) is 60.7 Å². The fourth-order valence-electron chi connectivity index (χ4n) is 5.62. The molecule has 0 N–H and O–H groups in total. The lowest BCUT2D eigenvalue weighted by molar-refractivity contribution is -0.141. The molecule has 3 fully saturated rings. The molecule has 3 aliphatic rings. The molecule has 3 heterocycles. The molecule has 0 aliphatic carbocycles. The first-order chi connectivity index (χ1) is 17.2. The van der Waals surface area contributed by atoms with Crippen LogP contribution in [0.25, 0.3) is 0 Å². The van der Waals surface area contributed by atoms with E-state index in [4.69, 9.17) is 9.47 Å². The average Bonchev–Trinajstić information content (AvgIpc) is 3.39. The summed E-state index contributed by atoms with van der Waals surface area (Å²) in [6.45, 7) is 8.38.